The molecule has 0 bridgehead atoms. The molecule has 0 radical (unpaired) electrons. The van der Waals surface area contributed by atoms with E-state index in [1.807, 2.05) is 60.8 Å². The predicted molar refractivity (Wildman–Crippen MR) is 120 cm³/mol. The van der Waals surface area contributed by atoms with E-state index in [-0.39, 0.29) is 24.9 Å². The van der Waals surface area contributed by atoms with Crippen LogP contribution in [0, 0.1) is 0 Å². The molecule has 2 aromatic carbocycles. The van der Waals surface area contributed by atoms with Crippen LogP contribution in [0.2, 0.25) is 0 Å². The van der Waals surface area contributed by atoms with Crippen LogP contribution in [-0.4, -0.2) is 28.3 Å². The molecule has 8 nitrogen and oxygen atoms in total. The monoisotopic (exact) mass is 451 g/mol. The Balaban J connectivity index is 1.27. The van der Waals surface area contributed by atoms with E-state index in [2.05, 4.69) is 10.4 Å². The normalized spacial score (nSPS) is 11.9. The second kappa shape index (κ2) is 9.61. The summed E-state index contributed by atoms with van der Waals surface area (Å²) in [4.78, 5) is 36.9. The van der Waals surface area contributed by atoms with Gasteiger partial charge >= 0.3 is 11.7 Å². The molecule has 0 aliphatic carbocycles. The Morgan fingerprint density at radius 3 is 2.78 bits per heavy atom. The third-order valence-corrected chi connectivity index (χ3v) is 5.76. The SMILES string of the molecule is CC(NC(=O)COC(=O)CCn1nc(-c2cccs2)oc1=O)c1cccc2ccccc12. The van der Waals surface area contributed by atoms with Gasteiger partial charge in [0.2, 0.25) is 0 Å². The maximum absolute atomic E-state index is 12.3. The summed E-state index contributed by atoms with van der Waals surface area (Å²) in [6.45, 7) is 1.48. The third kappa shape index (κ3) is 4.94. The molecule has 32 heavy (non-hydrogen) atoms. The van der Waals surface area contributed by atoms with E-state index in [9.17, 15) is 14.4 Å². The number of rotatable bonds is 8. The number of aryl methyl sites for hydroxylation is 1. The number of hydrogen-bond donors (Lipinski definition) is 1. The first kappa shape index (κ1) is 21.5. The molecule has 0 spiro atoms. The Hall–Kier alpha value is -3.72. The van der Waals surface area contributed by atoms with Crippen molar-refractivity contribution < 1.29 is 18.7 Å². The number of nitrogens with zero attached hydrogens (tertiary/aromatic N) is 2. The van der Waals surface area contributed by atoms with Crippen LogP contribution >= 0.6 is 11.3 Å². The molecule has 1 amide bonds. The number of thiophene rings is 1. The number of carbonyl (C=O) groups excluding carboxylic acids is 2. The third-order valence-electron chi connectivity index (χ3n) is 4.90. The zero-order valence-corrected chi connectivity index (χ0v) is 18.1. The number of hydrogen-bond acceptors (Lipinski definition) is 7. The van der Waals surface area contributed by atoms with Crippen LogP contribution < -0.4 is 11.1 Å². The number of aromatic nitrogens is 2. The standard InChI is InChI=1S/C23H21N3O5S/c1-15(17-9-4-7-16-6-2-3-8-18(16)17)24-20(27)14-30-21(28)11-12-26-23(29)31-22(25-26)19-10-5-13-32-19/h2-10,13,15H,11-12,14H2,1H3,(H,24,27). The zero-order valence-electron chi connectivity index (χ0n) is 17.3. The highest BCUT2D eigenvalue weighted by molar-refractivity contribution is 7.13. The molecule has 1 unspecified atom stereocenters. The molecule has 2 heterocycles. The minimum Gasteiger partial charge on any atom is -0.456 e. The van der Waals surface area contributed by atoms with E-state index in [1.165, 1.54) is 11.3 Å². The molecule has 9 heteroatoms. The second-order valence-electron chi connectivity index (χ2n) is 7.14. The van der Waals surface area contributed by atoms with E-state index >= 15 is 0 Å². The van der Waals surface area contributed by atoms with Gasteiger partial charge in [-0.2, -0.15) is 4.68 Å². The molecule has 1 atom stereocenters. The second-order valence-corrected chi connectivity index (χ2v) is 8.09. The largest absolute Gasteiger partial charge is 0.456 e. The van der Waals surface area contributed by atoms with Crippen molar-refractivity contribution >= 4 is 34.0 Å². The lowest BCUT2D eigenvalue weighted by molar-refractivity contribution is -0.149. The zero-order chi connectivity index (χ0) is 22.5. The average Bonchev–Trinajstić information content (AvgIpc) is 3.45. The van der Waals surface area contributed by atoms with Gasteiger partial charge in [0.15, 0.2) is 6.61 Å². The van der Waals surface area contributed by atoms with Crippen molar-refractivity contribution in [3.05, 3.63) is 76.1 Å². The van der Waals surface area contributed by atoms with Gasteiger partial charge in [0.1, 0.15) is 0 Å². The van der Waals surface area contributed by atoms with Crippen LogP contribution in [0.1, 0.15) is 24.9 Å². The van der Waals surface area contributed by atoms with Crippen LogP contribution in [0.5, 0.6) is 0 Å². The van der Waals surface area contributed by atoms with Crippen molar-refractivity contribution in [2.75, 3.05) is 6.61 Å². The van der Waals surface area contributed by atoms with E-state index in [0.717, 1.165) is 25.9 Å². The summed E-state index contributed by atoms with van der Waals surface area (Å²) in [7, 11) is 0. The fourth-order valence-electron chi connectivity index (χ4n) is 3.35. The Bertz CT molecular complexity index is 1290. The summed E-state index contributed by atoms with van der Waals surface area (Å²) < 4.78 is 11.2. The summed E-state index contributed by atoms with van der Waals surface area (Å²) in [6.07, 6.45) is -0.109. The van der Waals surface area contributed by atoms with Crippen LogP contribution in [0.3, 0.4) is 0 Å². The molecule has 0 fully saturated rings. The van der Waals surface area contributed by atoms with Crippen molar-refractivity contribution in [1.82, 2.24) is 15.1 Å². The number of amides is 1. The van der Waals surface area contributed by atoms with Crippen LogP contribution in [0.25, 0.3) is 21.5 Å². The lowest BCUT2D eigenvalue weighted by Crippen LogP contribution is -2.31. The maximum Gasteiger partial charge on any atom is 0.437 e. The minimum atomic E-state index is -0.650. The summed E-state index contributed by atoms with van der Waals surface area (Å²) >= 11 is 1.39. The van der Waals surface area contributed by atoms with Crippen LogP contribution in [0.4, 0.5) is 0 Å². The highest BCUT2D eigenvalue weighted by Gasteiger charge is 2.16. The predicted octanol–water partition coefficient (Wildman–Crippen LogP) is 3.53. The first-order valence-corrected chi connectivity index (χ1v) is 10.9. The quantitative estimate of drug-likeness (QED) is 0.411. The first-order valence-electron chi connectivity index (χ1n) is 10.1. The number of nitrogens with one attached hydrogen (secondary N) is 1. The van der Waals surface area contributed by atoms with E-state index < -0.39 is 24.2 Å². The Morgan fingerprint density at radius 2 is 1.97 bits per heavy atom. The molecule has 0 aliphatic rings. The van der Waals surface area contributed by atoms with Gasteiger partial charge in [-0.3, -0.25) is 9.59 Å². The van der Waals surface area contributed by atoms with E-state index in [1.54, 1.807) is 6.07 Å². The highest BCUT2D eigenvalue weighted by Crippen LogP contribution is 2.24. The van der Waals surface area contributed by atoms with Gasteiger partial charge in [-0.15, -0.1) is 16.4 Å². The van der Waals surface area contributed by atoms with Gasteiger partial charge in [0.25, 0.3) is 11.8 Å². The number of benzene rings is 2. The van der Waals surface area contributed by atoms with Gasteiger partial charge in [0, 0.05) is 0 Å². The fourth-order valence-corrected chi connectivity index (χ4v) is 4.00. The van der Waals surface area contributed by atoms with Crippen molar-refractivity contribution in [2.45, 2.75) is 25.9 Å². The number of fused-ring (bicyclic) bond motifs is 1. The lowest BCUT2D eigenvalue weighted by Gasteiger charge is -2.16. The number of esters is 1. The van der Waals surface area contributed by atoms with Crippen LogP contribution in [-0.2, 0) is 20.9 Å². The molecular weight excluding hydrogens is 430 g/mol. The Kier molecular flexibility index (Phi) is 6.46. The fraction of sp³-hybridized carbons (Fsp3) is 0.217. The highest BCUT2D eigenvalue weighted by atomic mass is 32.1. The lowest BCUT2D eigenvalue weighted by atomic mass is 10.00. The summed E-state index contributed by atoms with van der Waals surface area (Å²) in [5.41, 5.74) is 0.981. The number of carbonyl (C=O) groups is 2. The summed E-state index contributed by atoms with van der Waals surface area (Å²) in [6, 6.07) is 17.2. The van der Waals surface area contributed by atoms with Crippen LogP contribution in [0.15, 0.2) is 69.2 Å². The molecule has 4 aromatic rings. The molecule has 4 rings (SSSR count). The average molecular weight is 452 g/mol. The summed E-state index contributed by atoms with van der Waals surface area (Å²) in [5.74, 6) is -1.45. The van der Waals surface area contributed by atoms with E-state index in [4.69, 9.17) is 9.15 Å². The Labute approximate surface area is 187 Å². The molecule has 0 saturated carbocycles. The summed E-state index contributed by atoms with van der Waals surface area (Å²) in [5, 5.41) is 10.9. The van der Waals surface area contributed by atoms with Crippen molar-refractivity contribution in [3.63, 3.8) is 0 Å². The Morgan fingerprint density at radius 1 is 1.16 bits per heavy atom. The molecule has 0 aliphatic heterocycles. The topological polar surface area (TPSA) is 103 Å². The molecule has 164 valence electrons. The number of ether oxygens (including phenoxy) is 1. The van der Waals surface area contributed by atoms with Gasteiger partial charge in [-0.25, -0.2) is 4.79 Å². The van der Waals surface area contributed by atoms with Crippen molar-refractivity contribution in [3.8, 4) is 10.8 Å². The van der Waals surface area contributed by atoms with Crippen molar-refractivity contribution in [1.29, 1.82) is 0 Å². The van der Waals surface area contributed by atoms with Crippen molar-refractivity contribution in [2.24, 2.45) is 0 Å². The first-order chi connectivity index (χ1) is 15.5. The molecule has 0 saturated heterocycles. The van der Waals surface area contributed by atoms with Gasteiger partial charge in [0.05, 0.1) is 23.9 Å². The van der Waals surface area contributed by atoms with Gasteiger partial charge in [-0.1, -0.05) is 48.5 Å². The molecule has 1 N–H and O–H groups in total. The minimum absolute atomic E-state index is 0.000564. The maximum atomic E-state index is 12.3. The van der Waals surface area contributed by atoms with Gasteiger partial charge in [-0.05, 0) is 34.7 Å². The van der Waals surface area contributed by atoms with Gasteiger partial charge < -0.3 is 14.5 Å². The van der Waals surface area contributed by atoms with E-state index in [0.29, 0.717) is 0 Å². The molecule has 2 aromatic heterocycles. The smallest absolute Gasteiger partial charge is 0.437 e. The molecular formula is C23H21N3O5S.